The number of rotatable bonds is 6. The Morgan fingerprint density at radius 1 is 0.750 bits per heavy atom. The Balaban J connectivity index is 1.68. The van der Waals surface area contributed by atoms with Gasteiger partial charge >= 0.3 is 5.97 Å². The standard InChI is InChI=1S/C40H31BrO11/c1-17-10-22-32(26(11-17)50-4)38(46)33-24(42)14-28(52-39(47)18-6-8-19(41)9-7-18)34(35(33)36(22)44)29-21-12-20(49-3)13-27(51-5)31(21)37(45)30-23(29)15-40(2,48)16-25(30)43/h6-14,42,45,48H,15-16H2,1-5H3. The van der Waals surface area contributed by atoms with Crippen LogP contribution in [0.2, 0.25) is 0 Å². The van der Waals surface area contributed by atoms with E-state index >= 15 is 0 Å². The summed E-state index contributed by atoms with van der Waals surface area (Å²) >= 11 is 3.34. The van der Waals surface area contributed by atoms with Crippen LogP contribution in [0, 0.1) is 6.92 Å². The number of aliphatic hydroxyl groups is 1. The zero-order chi connectivity index (χ0) is 37.4. The lowest BCUT2D eigenvalue weighted by Crippen LogP contribution is -2.36. The summed E-state index contributed by atoms with van der Waals surface area (Å²) in [7, 11) is 4.13. The molecule has 5 aromatic carbocycles. The number of carbonyl (C=O) groups excluding carboxylic acids is 4. The van der Waals surface area contributed by atoms with Gasteiger partial charge in [-0.3, -0.25) is 14.4 Å². The van der Waals surface area contributed by atoms with E-state index in [0.717, 1.165) is 6.07 Å². The largest absolute Gasteiger partial charge is 0.507 e. The minimum absolute atomic E-state index is 0.0263. The number of esters is 1. The van der Waals surface area contributed by atoms with E-state index in [2.05, 4.69) is 15.9 Å². The van der Waals surface area contributed by atoms with E-state index in [9.17, 15) is 34.5 Å². The number of phenolic OH excluding ortho intramolecular Hbond substituents is 2. The number of ketones is 3. The molecule has 0 aromatic heterocycles. The number of fused-ring (bicyclic) bond motifs is 4. The third-order valence-corrected chi connectivity index (χ3v) is 9.98. The van der Waals surface area contributed by atoms with Crippen molar-refractivity contribution in [2.75, 3.05) is 21.3 Å². The van der Waals surface area contributed by atoms with Crippen LogP contribution in [-0.4, -0.2) is 65.6 Å². The second-order valence-corrected chi connectivity index (χ2v) is 14.0. The fraction of sp³-hybridized carbons (Fsp3) is 0.200. The summed E-state index contributed by atoms with van der Waals surface area (Å²) < 4.78 is 23.4. The van der Waals surface area contributed by atoms with Crippen molar-refractivity contribution in [2.45, 2.75) is 32.3 Å². The zero-order valence-corrected chi connectivity index (χ0v) is 30.2. The summed E-state index contributed by atoms with van der Waals surface area (Å²) in [4.78, 5) is 56.9. The number of hydrogen-bond acceptors (Lipinski definition) is 11. The molecule has 2 aliphatic carbocycles. The van der Waals surface area contributed by atoms with Gasteiger partial charge < -0.3 is 34.3 Å². The fourth-order valence-corrected chi connectivity index (χ4v) is 7.53. The average Bonchev–Trinajstić information content (AvgIpc) is 3.09. The number of carbonyl (C=O) groups is 4. The summed E-state index contributed by atoms with van der Waals surface area (Å²) in [5, 5.41) is 35.0. The predicted octanol–water partition coefficient (Wildman–Crippen LogP) is 6.89. The lowest BCUT2D eigenvalue weighted by Gasteiger charge is -2.33. The van der Waals surface area contributed by atoms with Crippen LogP contribution >= 0.6 is 15.9 Å². The maximum atomic E-state index is 14.9. The molecular formula is C40H31BrO11. The Morgan fingerprint density at radius 2 is 1.44 bits per heavy atom. The van der Waals surface area contributed by atoms with E-state index in [0.29, 0.717) is 10.0 Å². The molecule has 52 heavy (non-hydrogen) atoms. The van der Waals surface area contributed by atoms with Crippen LogP contribution in [0.5, 0.6) is 34.5 Å². The smallest absolute Gasteiger partial charge is 0.343 e. The summed E-state index contributed by atoms with van der Waals surface area (Å²) in [6, 6.07) is 13.5. The van der Waals surface area contributed by atoms with Gasteiger partial charge in [-0.15, -0.1) is 0 Å². The van der Waals surface area contributed by atoms with Gasteiger partial charge in [-0.1, -0.05) is 15.9 Å². The molecule has 0 spiro atoms. The van der Waals surface area contributed by atoms with Crippen LogP contribution in [0.1, 0.15) is 77.0 Å². The average molecular weight is 768 g/mol. The van der Waals surface area contributed by atoms with Crippen molar-refractivity contribution >= 4 is 50.0 Å². The van der Waals surface area contributed by atoms with E-state index in [4.69, 9.17) is 18.9 Å². The highest BCUT2D eigenvalue weighted by molar-refractivity contribution is 9.10. The van der Waals surface area contributed by atoms with Crippen LogP contribution in [0.25, 0.3) is 21.9 Å². The normalized spacial score (nSPS) is 16.2. The van der Waals surface area contributed by atoms with Crippen molar-refractivity contribution in [3.8, 4) is 45.6 Å². The van der Waals surface area contributed by atoms with Gasteiger partial charge in [0.15, 0.2) is 11.6 Å². The van der Waals surface area contributed by atoms with E-state index in [1.54, 1.807) is 25.1 Å². The monoisotopic (exact) mass is 766 g/mol. The van der Waals surface area contributed by atoms with Crippen LogP contribution in [0.4, 0.5) is 0 Å². The van der Waals surface area contributed by atoms with E-state index in [1.165, 1.54) is 58.6 Å². The number of aryl methyl sites for hydroxylation is 1. The van der Waals surface area contributed by atoms with Gasteiger partial charge in [0.05, 0.1) is 54.6 Å². The van der Waals surface area contributed by atoms with Crippen LogP contribution < -0.4 is 18.9 Å². The number of halogens is 1. The number of hydrogen-bond donors (Lipinski definition) is 3. The lowest BCUT2D eigenvalue weighted by molar-refractivity contribution is 0.0409. The zero-order valence-electron chi connectivity index (χ0n) is 28.6. The first-order chi connectivity index (χ1) is 24.7. The Bertz CT molecular complexity index is 2430. The number of aromatic hydroxyl groups is 2. The number of ether oxygens (including phenoxy) is 4. The maximum absolute atomic E-state index is 14.9. The van der Waals surface area contributed by atoms with E-state index in [1.807, 2.05) is 0 Å². The molecule has 264 valence electrons. The van der Waals surface area contributed by atoms with E-state index < -0.39 is 46.0 Å². The predicted molar refractivity (Wildman–Crippen MR) is 193 cm³/mol. The molecule has 0 aliphatic heterocycles. The molecule has 3 N–H and O–H groups in total. The van der Waals surface area contributed by atoms with Gasteiger partial charge in [-0.25, -0.2) is 4.79 Å². The lowest BCUT2D eigenvalue weighted by atomic mass is 9.72. The molecule has 0 saturated carbocycles. The molecule has 0 amide bonds. The third-order valence-electron chi connectivity index (χ3n) is 9.45. The molecule has 11 nitrogen and oxygen atoms in total. The number of methoxy groups -OCH3 is 3. The van der Waals surface area contributed by atoms with Crippen molar-refractivity contribution in [1.82, 2.24) is 0 Å². The SMILES string of the molecule is COc1cc(OC)c2c(O)c3c(c(-c4c(OC(=O)c5ccc(Br)cc5)cc(O)c5c4C(=O)c4cc(C)cc(OC)c4C5=O)c2c1)CC(C)(O)CC3=O. The molecule has 1 unspecified atom stereocenters. The van der Waals surface area contributed by atoms with Crippen molar-refractivity contribution in [2.24, 2.45) is 0 Å². The first-order valence-electron chi connectivity index (χ1n) is 16.0. The van der Waals surface area contributed by atoms with Crippen LogP contribution in [-0.2, 0) is 6.42 Å². The van der Waals surface area contributed by atoms with Gasteiger partial charge in [0.2, 0.25) is 5.78 Å². The molecule has 7 rings (SSSR count). The minimum Gasteiger partial charge on any atom is -0.507 e. The maximum Gasteiger partial charge on any atom is 0.343 e. The second-order valence-electron chi connectivity index (χ2n) is 13.1. The number of Topliss-reactive ketones (excluding diaryl/α,β-unsaturated/α-hetero) is 1. The Kier molecular flexibility index (Phi) is 8.34. The Labute approximate surface area is 305 Å². The second kappa shape index (κ2) is 12.5. The summed E-state index contributed by atoms with van der Waals surface area (Å²) in [5.74, 6) is -3.84. The van der Waals surface area contributed by atoms with Crippen LogP contribution in [0.15, 0.2) is 59.1 Å². The molecule has 5 aromatic rings. The number of benzene rings is 5. The molecule has 2 aliphatic rings. The first-order valence-corrected chi connectivity index (χ1v) is 16.8. The van der Waals surface area contributed by atoms with Gasteiger partial charge in [0.1, 0.15) is 34.5 Å². The molecule has 1 atom stereocenters. The molecular weight excluding hydrogens is 736 g/mol. The highest BCUT2D eigenvalue weighted by Crippen LogP contribution is 2.54. The van der Waals surface area contributed by atoms with Gasteiger partial charge in [0.25, 0.3) is 0 Å². The van der Waals surface area contributed by atoms with Gasteiger partial charge in [-0.2, -0.15) is 0 Å². The molecule has 0 heterocycles. The molecule has 0 radical (unpaired) electrons. The molecule has 0 fully saturated rings. The molecule has 0 saturated heterocycles. The summed E-state index contributed by atoms with van der Waals surface area (Å²) in [5.41, 5.74) is -1.77. The van der Waals surface area contributed by atoms with Crippen molar-refractivity contribution in [3.05, 3.63) is 104 Å². The first kappa shape index (κ1) is 34.7. The van der Waals surface area contributed by atoms with Gasteiger partial charge in [0, 0.05) is 51.5 Å². The quantitative estimate of drug-likeness (QED) is 0.119. The molecule has 12 heteroatoms. The summed E-state index contributed by atoms with van der Waals surface area (Å²) in [6.07, 6.45) is -0.534. The van der Waals surface area contributed by atoms with Crippen molar-refractivity contribution in [3.63, 3.8) is 0 Å². The third kappa shape index (κ3) is 5.37. The Morgan fingerprint density at radius 3 is 2.10 bits per heavy atom. The van der Waals surface area contributed by atoms with Crippen LogP contribution in [0.3, 0.4) is 0 Å². The highest BCUT2D eigenvalue weighted by Gasteiger charge is 2.43. The van der Waals surface area contributed by atoms with Crippen molar-refractivity contribution in [1.29, 1.82) is 0 Å². The van der Waals surface area contributed by atoms with E-state index in [-0.39, 0.29) is 91.1 Å². The summed E-state index contributed by atoms with van der Waals surface area (Å²) in [6.45, 7) is 3.19. The topological polar surface area (TPSA) is 166 Å². The fourth-order valence-electron chi connectivity index (χ4n) is 7.27. The van der Waals surface area contributed by atoms with Crippen molar-refractivity contribution < 1.29 is 53.4 Å². The minimum atomic E-state index is -1.61. The Hall–Kier alpha value is -5.72. The highest BCUT2D eigenvalue weighted by atomic mass is 79.9. The number of phenols is 2. The van der Waals surface area contributed by atoms with Gasteiger partial charge in [-0.05, 0) is 73.0 Å². The molecule has 0 bridgehead atoms.